The summed E-state index contributed by atoms with van der Waals surface area (Å²) in [5.74, 6) is 2.39. The molecule has 0 atom stereocenters. The summed E-state index contributed by atoms with van der Waals surface area (Å²) in [6.45, 7) is 11.9. The molecule has 0 aromatic heterocycles. The average Bonchev–Trinajstić information content (AvgIpc) is 2.71. The normalized spacial score (nSPS) is 10.8. The minimum absolute atomic E-state index is 0.316. The number of rotatable bonds is 24. The van der Waals surface area contributed by atoms with Gasteiger partial charge in [-0.15, -0.1) is 13.0 Å². The van der Waals surface area contributed by atoms with Crippen LogP contribution in [0.1, 0.15) is 0 Å². The van der Waals surface area contributed by atoms with Crippen LogP contribution in [0.5, 0.6) is 0 Å². The second-order valence-corrected chi connectivity index (χ2v) is 5.29. The monoisotopic (exact) mass is 404 g/mol. The Bertz CT molecular complexity index is 346. The lowest BCUT2D eigenvalue weighted by molar-refractivity contribution is -0.0219. The van der Waals surface area contributed by atoms with Crippen molar-refractivity contribution in [2.24, 2.45) is 0 Å². The van der Waals surface area contributed by atoms with Gasteiger partial charge >= 0.3 is 0 Å². The van der Waals surface area contributed by atoms with E-state index in [2.05, 4.69) is 12.5 Å². The summed E-state index contributed by atoms with van der Waals surface area (Å²) < 4.78 is 42.5. The van der Waals surface area contributed by atoms with Gasteiger partial charge < -0.3 is 37.9 Å². The van der Waals surface area contributed by atoms with E-state index in [1.165, 1.54) is 0 Å². The van der Waals surface area contributed by atoms with Crippen LogP contribution in [-0.4, -0.2) is 106 Å². The summed E-state index contributed by atoms with van der Waals surface area (Å²) in [7, 11) is 0. The molecule has 0 saturated carbocycles. The summed E-state index contributed by atoms with van der Waals surface area (Å²) >= 11 is 0. The van der Waals surface area contributed by atoms with Crippen molar-refractivity contribution in [2.45, 2.75) is 0 Å². The molecule has 0 radical (unpaired) electrons. The molecular formula is C20H36O8. The van der Waals surface area contributed by atoms with Gasteiger partial charge in [0.1, 0.15) is 6.61 Å². The molecule has 0 N–H and O–H groups in total. The molecule has 0 amide bonds. The van der Waals surface area contributed by atoms with E-state index in [-0.39, 0.29) is 0 Å². The van der Waals surface area contributed by atoms with E-state index in [1.54, 1.807) is 6.08 Å². The highest BCUT2D eigenvalue weighted by Gasteiger charge is 1.94. The van der Waals surface area contributed by atoms with Crippen molar-refractivity contribution in [1.29, 1.82) is 0 Å². The van der Waals surface area contributed by atoms with E-state index in [0.717, 1.165) is 0 Å². The van der Waals surface area contributed by atoms with Crippen molar-refractivity contribution in [2.75, 3.05) is 106 Å². The van der Waals surface area contributed by atoms with Gasteiger partial charge in [-0.2, -0.15) is 0 Å². The molecule has 0 saturated heterocycles. The third-order valence-electron chi connectivity index (χ3n) is 3.03. The average molecular weight is 405 g/mol. The molecule has 0 heterocycles. The van der Waals surface area contributed by atoms with Crippen LogP contribution in [0.4, 0.5) is 0 Å². The lowest BCUT2D eigenvalue weighted by Crippen LogP contribution is -2.15. The lowest BCUT2D eigenvalue weighted by Gasteiger charge is -2.08. The molecule has 0 unspecified atom stereocenters. The fraction of sp³-hybridized carbons (Fsp3) is 0.800. The van der Waals surface area contributed by atoms with Crippen LogP contribution in [0.25, 0.3) is 0 Å². The Balaban J connectivity index is 2.98. The van der Waals surface area contributed by atoms with Crippen LogP contribution in [-0.2, 0) is 37.9 Å². The third kappa shape index (κ3) is 25.0. The minimum Gasteiger partial charge on any atom is -0.377 e. The molecule has 164 valence electrons. The maximum atomic E-state index is 5.40. The van der Waals surface area contributed by atoms with Crippen molar-refractivity contribution in [3.05, 3.63) is 12.7 Å². The van der Waals surface area contributed by atoms with Gasteiger partial charge in [-0.3, -0.25) is 0 Å². The molecule has 0 rings (SSSR count). The number of terminal acetylenes is 1. The van der Waals surface area contributed by atoms with Crippen LogP contribution < -0.4 is 0 Å². The van der Waals surface area contributed by atoms with Crippen molar-refractivity contribution in [1.82, 2.24) is 0 Å². The largest absolute Gasteiger partial charge is 0.377 e. The van der Waals surface area contributed by atoms with E-state index in [9.17, 15) is 0 Å². The van der Waals surface area contributed by atoms with Gasteiger partial charge in [0.2, 0.25) is 0 Å². The van der Waals surface area contributed by atoms with Gasteiger partial charge in [0.15, 0.2) is 0 Å². The van der Waals surface area contributed by atoms with Gasteiger partial charge in [0, 0.05) is 0 Å². The van der Waals surface area contributed by atoms with Gasteiger partial charge in [-0.25, -0.2) is 0 Å². The van der Waals surface area contributed by atoms with Gasteiger partial charge in [-0.1, -0.05) is 12.0 Å². The summed E-state index contributed by atoms with van der Waals surface area (Å²) in [6.07, 6.45) is 6.76. The van der Waals surface area contributed by atoms with Gasteiger partial charge in [0.05, 0.1) is 99.1 Å². The van der Waals surface area contributed by atoms with Crippen LogP contribution >= 0.6 is 0 Å². The Hall–Kier alpha value is -1.02. The molecular weight excluding hydrogens is 368 g/mol. The molecule has 8 nitrogen and oxygen atoms in total. The van der Waals surface area contributed by atoms with E-state index >= 15 is 0 Å². The summed E-state index contributed by atoms with van der Waals surface area (Å²) in [5, 5.41) is 0. The zero-order valence-corrected chi connectivity index (χ0v) is 16.9. The van der Waals surface area contributed by atoms with Crippen LogP contribution in [0, 0.1) is 12.3 Å². The van der Waals surface area contributed by atoms with E-state index < -0.39 is 0 Å². The highest BCUT2D eigenvalue weighted by atomic mass is 16.6. The molecule has 28 heavy (non-hydrogen) atoms. The molecule has 0 aliphatic rings. The first kappa shape index (κ1) is 27.0. The Morgan fingerprint density at radius 2 is 0.786 bits per heavy atom. The fourth-order valence-corrected chi connectivity index (χ4v) is 1.74. The standard InChI is InChI=1S/C20H36O8/c1-3-5-21-7-9-23-11-13-25-15-17-27-19-20-28-18-16-26-14-12-24-10-8-22-6-4-2/h1,4H,2,5-20H2. The summed E-state index contributed by atoms with van der Waals surface area (Å²) in [5.41, 5.74) is 0. The first-order valence-corrected chi connectivity index (χ1v) is 9.58. The molecule has 8 heteroatoms. The van der Waals surface area contributed by atoms with Crippen LogP contribution in [0.3, 0.4) is 0 Å². The second kappa shape index (κ2) is 26.0. The van der Waals surface area contributed by atoms with Gasteiger partial charge in [0.25, 0.3) is 0 Å². The van der Waals surface area contributed by atoms with Crippen LogP contribution in [0.2, 0.25) is 0 Å². The SMILES string of the molecule is C#CCOCCOCCOCCOCCOCCOCCOCCOCC=C. The quantitative estimate of drug-likeness (QED) is 0.134. The van der Waals surface area contributed by atoms with E-state index in [0.29, 0.717) is 106 Å². The molecule has 0 fully saturated rings. The van der Waals surface area contributed by atoms with Crippen molar-refractivity contribution < 1.29 is 37.9 Å². The predicted octanol–water partition coefficient (Wildman–Crippen LogP) is 0.938. The fourth-order valence-electron chi connectivity index (χ4n) is 1.74. The summed E-state index contributed by atoms with van der Waals surface area (Å²) in [6, 6.07) is 0. The Labute approximate surface area is 169 Å². The van der Waals surface area contributed by atoms with Gasteiger partial charge in [-0.05, 0) is 0 Å². The van der Waals surface area contributed by atoms with E-state index in [4.69, 9.17) is 44.3 Å². The lowest BCUT2D eigenvalue weighted by atomic mass is 10.6. The number of hydrogen-bond donors (Lipinski definition) is 0. The first-order chi connectivity index (χ1) is 13.9. The molecule has 0 aliphatic carbocycles. The Morgan fingerprint density at radius 3 is 1.07 bits per heavy atom. The van der Waals surface area contributed by atoms with Crippen molar-refractivity contribution >= 4 is 0 Å². The summed E-state index contributed by atoms with van der Waals surface area (Å²) in [4.78, 5) is 0. The highest BCUT2D eigenvalue weighted by molar-refractivity contribution is 4.82. The molecule has 0 aromatic carbocycles. The zero-order chi connectivity index (χ0) is 20.4. The Kier molecular flexibility index (Phi) is 25.0. The molecule has 0 bridgehead atoms. The van der Waals surface area contributed by atoms with Crippen LogP contribution in [0.15, 0.2) is 12.7 Å². The Morgan fingerprint density at radius 1 is 0.500 bits per heavy atom. The second-order valence-electron chi connectivity index (χ2n) is 5.29. The maximum absolute atomic E-state index is 5.40. The zero-order valence-electron chi connectivity index (χ0n) is 16.9. The number of hydrogen-bond acceptors (Lipinski definition) is 8. The third-order valence-corrected chi connectivity index (χ3v) is 3.03. The smallest absolute Gasteiger partial charge is 0.107 e. The number of ether oxygens (including phenoxy) is 8. The van der Waals surface area contributed by atoms with E-state index in [1.807, 2.05) is 0 Å². The molecule has 0 aliphatic heterocycles. The molecule has 0 aromatic rings. The van der Waals surface area contributed by atoms with Crippen molar-refractivity contribution in [3.63, 3.8) is 0 Å². The molecule has 0 spiro atoms. The topological polar surface area (TPSA) is 73.8 Å². The highest BCUT2D eigenvalue weighted by Crippen LogP contribution is 1.85. The maximum Gasteiger partial charge on any atom is 0.107 e. The minimum atomic E-state index is 0.316. The predicted molar refractivity (Wildman–Crippen MR) is 106 cm³/mol. The van der Waals surface area contributed by atoms with Crippen molar-refractivity contribution in [3.8, 4) is 12.3 Å². The first-order valence-electron chi connectivity index (χ1n) is 9.58.